The summed E-state index contributed by atoms with van der Waals surface area (Å²) >= 11 is 1.76. The van der Waals surface area contributed by atoms with Crippen molar-refractivity contribution in [3.63, 3.8) is 0 Å². The Kier molecular flexibility index (Phi) is 6.66. The maximum Gasteiger partial charge on any atom is 0.308 e. The van der Waals surface area contributed by atoms with Crippen molar-refractivity contribution in [1.82, 2.24) is 4.90 Å². The van der Waals surface area contributed by atoms with Crippen LogP contribution >= 0.6 is 11.8 Å². The van der Waals surface area contributed by atoms with Gasteiger partial charge in [-0.1, -0.05) is 23.8 Å². The van der Waals surface area contributed by atoms with E-state index >= 15 is 0 Å². The summed E-state index contributed by atoms with van der Waals surface area (Å²) in [5.41, 5.74) is 2.34. The second-order valence-corrected chi connectivity index (χ2v) is 11.4. The van der Waals surface area contributed by atoms with Crippen molar-refractivity contribution >= 4 is 29.5 Å². The molecule has 8 heteroatoms. The molecule has 2 aromatic carbocycles. The summed E-state index contributed by atoms with van der Waals surface area (Å²) in [6.45, 7) is 5.49. The molecule has 4 atom stereocenters. The summed E-state index contributed by atoms with van der Waals surface area (Å²) in [6.07, 6.45) is 2.89. The van der Waals surface area contributed by atoms with Gasteiger partial charge in [-0.15, -0.1) is 11.8 Å². The Bertz CT molecular complexity index is 1320. The van der Waals surface area contributed by atoms with Crippen molar-refractivity contribution in [3.8, 4) is 11.5 Å². The number of nitrogens with zero attached hydrogens (tertiary/aromatic N) is 1. The van der Waals surface area contributed by atoms with Gasteiger partial charge in [-0.25, -0.2) is 0 Å². The highest BCUT2D eigenvalue weighted by molar-refractivity contribution is 7.99. The lowest BCUT2D eigenvalue weighted by Gasteiger charge is -2.59. The Hall–Kier alpha value is -3.10. The minimum Gasteiger partial charge on any atom is -0.493 e. The molecule has 2 aromatic rings. The molecule has 37 heavy (non-hydrogen) atoms. The molecule has 7 nitrogen and oxygen atoms in total. The predicted octanol–water partition coefficient (Wildman–Crippen LogP) is 4.75. The standard InChI is InChI=1S/C29H31NO6S/c1-16-7-6-8-19(13-16)37-28-20-9-10-23(35-17(2)31)27(36-18(3)32)25(20)29-11-12-30(4)26(28)21(29)14-24(34-5)22(33)15-29/h6-10,13-14,21,26,28H,11-12,15H2,1-5H3/t21-,26-,28-,29-/m1/s1. The van der Waals surface area contributed by atoms with Gasteiger partial charge in [-0.3, -0.25) is 14.4 Å². The molecule has 1 saturated heterocycles. The van der Waals surface area contributed by atoms with Crippen molar-refractivity contribution in [2.24, 2.45) is 5.92 Å². The molecule has 0 amide bonds. The molecule has 5 rings (SSSR count). The third kappa shape index (κ3) is 4.36. The van der Waals surface area contributed by atoms with Gasteiger partial charge in [-0.05, 0) is 56.8 Å². The number of rotatable bonds is 5. The third-order valence-corrected chi connectivity index (χ3v) is 9.06. The molecule has 0 N–H and O–H groups in total. The molecule has 1 heterocycles. The number of carbonyl (C=O) groups excluding carboxylic acids is 3. The van der Waals surface area contributed by atoms with Crippen LogP contribution in [0.3, 0.4) is 0 Å². The van der Waals surface area contributed by atoms with Gasteiger partial charge in [0.15, 0.2) is 23.0 Å². The van der Waals surface area contributed by atoms with Crippen LogP contribution < -0.4 is 9.47 Å². The zero-order chi connectivity index (χ0) is 26.5. The van der Waals surface area contributed by atoms with Crippen LogP contribution in [0.15, 0.2) is 53.1 Å². The van der Waals surface area contributed by atoms with Crippen LogP contribution in [-0.4, -0.2) is 49.4 Å². The Morgan fingerprint density at radius 1 is 1.11 bits per heavy atom. The number of fused-ring (bicyclic) bond motifs is 1. The highest BCUT2D eigenvalue weighted by Gasteiger charge is 2.60. The summed E-state index contributed by atoms with van der Waals surface area (Å²) < 4.78 is 16.8. The number of ether oxygens (including phenoxy) is 3. The second kappa shape index (κ2) is 9.65. The smallest absolute Gasteiger partial charge is 0.308 e. The quantitative estimate of drug-likeness (QED) is 0.412. The Labute approximate surface area is 221 Å². The Morgan fingerprint density at radius 2 is 1.86 bits per heavy atom. The number of piperidine rings is 1. The first-order valence-corrected chi connectivity index (χ1v) is 13.3. The van der Waals surface area contributed by atoms with Crippen molar-refractivity contribution < 1.29 is 28.6 Å². The van der Waals surface area contributed by atoms with Crippen LogP contribution in [0, 0.1) is 12.8 Å². The molecule has 0 unspecified atom stereocenters. The number of benzene rings is 2. The van der Waals surface area contributed by atoms with E-state index in [1.807, 2.05) is 18.2 Å². The average molecular weight is 522 g/mol. The van der Waals surface area contributed by atoms with Gasteiger partial charge in [0.05, 0.1) is 12.4 Å². The topological polar surface area (TPSA) is 82.1 Å². The van der Waals surface area contributed by atoms with E-state index in [4.69, 9.17) is 14.2 Å². The van der Waals surface area contributed by atoms with E-state index in [1.165, 1.54) is 26.5 Å². The number of Topliss-reactive ketones (excluding diaryl/α,β-unsaturated/α-hetero) is 1. The van der Waals surface area contributed by atoms with Crippen LogP contribution in [0.5, 0.6) is 11.5 Å². The molecule has 0 saturated carbocycles. The molecule has 1 aliphatic heterocycles. The molecule has 3 aliphatic rings. The van der Waals surface area contributed by atoms with Crippen LogP contribution in [0.25, 0.3) is 0 Å². The average Bonchev–Trinajstić information content (AvgIpc) is 2.83. The van der Waals surface area contributed by atoms with E-state index in [-0.39, 0.29) is 40.9 Å². The SMILES string of the molecule is COC1=C[C@@H]2[C@@H]3[C@H](Sc4cccc(C)c4)c4ccc(OC(C)=O)c(OC(C)=O)c4[C@]2(CCN3C)CC1=O. The fourth-order valence-corrected chi connectivity index (χ4v) is 7.87. The number of hydrogen-bond donors (Lipinski definition) is 0. The summed E-state index contributed by atoms with van der Waals surface area (Å²) in [7, 11) is 3.65. The van der Waals surface area contributed by atoms with Crippen molar-refractivity contribution in [1.29, 1.82) is 0 Å². The van der Waals surface area contributed by atoms with E-state index in [0.29, 0.717) is 12.2 Å². The van der Waals surface area contributed by atoms with Crippen LogP contribution in [0.2, 0.25) is 0 Å². The van der Waals surface area contributed by atoms with Gasteiger partial charge in [0.25, 0.3) is 0 Å². The molecule has 194 valence electrons. The number of thioether (sulfide) groups is 1. The molecule has 0 radical (unpaired) electrons. The zero-order valence-electron chi connectivity index (χ0n) is 21.7. The van der Waals surface area contributed by atoms with E-state index in [1.54, 1.807) is 17.8 Å². The molecule has 2 bridgehead atoms. The molecule has 1 fully saturated rings. The number of ketones is 1. The van der Waals surface area contributed by atoms with Gasteiger partial charge < -0.3 is 19.1 Å². The first kappa shape index (κ1) is 25.5. The van der Waals surface area contributed by atoms with Crippen molar-refractivity contribution in [3.05, 3.63) is 64.9 Å². The van der Waals surface area contributed by atoms with Crippen molar-refractivity contribution in [2.75, 3.05) is 20.7 Å². The van der Waals surface area contributed by atoms with Gasteiger partial charge in [0.1, 0.15) is 0 Å². The number of allylic oxidation sites excluding steroid dienone is 1. The largest absolute Gasteiger partial charge is 0.493 e. The number of esters is 2. The lowest BCUT2D eigenvalue weighted by atomic mass is 9.53. The van der Waals surface area contributed by atoms with Gasteiger partial charge in [0.2, 0.25) is 0 Å². The lowest BCUT2D eigenvalue weighted by molar-refractivity contribution is -0.134. The Balaban J connectivity index is 1.80. The number of hydrogen-bond acceptors (Lipinski definition) is 8. The molecule has 2 aliphatic carbocycles. The summed E-state index contributed by atoms with van der Waals surface area (Å²) in [5, 5.41) is -0.0385. The Morgan fingerprint density at radius 3 is 2.54 bits per heavy atom. The number of aryl methyl sites for hydroxylation is 1. The minimum atomic E-state index is -0.615. The third-order valence-electron chi connectivity index (χ3n) is 7.75. The number of likely N-dealkylation sites (N-methyl/N-ethyl adjacent to an activating group) is 1. The van der Waals surface area contributed by atoms with E-state index in [0.717, 1.165) is 22.6 Å². The number of methoxy groups -OCH3 is 1. The maximum atomic E-state index is 13.3. The monoisotopic (exact) mass is 521 g/mol. The molecule has 0 spiro atoms. The van der Waals surface area contributed by atoms with Gasteiger partial charge >= 0.3 is 11.9 Å². The molecule has 0 aromatic heterocycles. The highest BCUT2D eigenvalue weighted by atomic mass is 32.2. The number of carbonyl (C=O) groups is 3. The summed E-state index contributed by atoms with van der Waals surface area (Å²) in [5.74, 6) is -0.367. The van der Waals surface area contributed by atoms with E-state index in [2.05, 4.69) is 37.1 Å². The van der Waals surface area contributed by atoms with Crippen LogP contribution in [-0.2, 0) is 24.5 Å². The van der Waals surface area contributed by atoms with E-state index < -0.39 is 17.4 Å². The molecular weight excluding hydrogens is 490 g/mol. The van der Waals surface area contributed by atoms with Crippen LogP contribution in [0.1, 0.15) is 48.6 Å². The maximum absolute atomic E-state index is 13.3. The first-order chi connectivity index (χ1) is 17.6. The number of likely N-dealkylation sites (tertiary alicyclic amines) is 1. The van der Waals surface area contributed by atoms with Gasteiger partial charge in [0, 0.05) is 48.1 Å². The normalized spacial score (nSPS) is 26.5. The fourth-order valence-electron chi connectivity index (χ4n) is 6.33. The van der Waals surface area contributed by atoms with E-state index in [9.17, 15) is 14.4 Å². The van der Waals surface area contributed by atoms with Gasteiger partial charge in [-0.2, -0.15) is 0 Å². The summed E-state index contributed by atoms with van der Waals surface area (Å²) in [4.78, 5) is 41.1. The predicted molar refractivity (Wildman–Crippen MR) is 140 cm³/mol. The first-order valence-electron chi connectivity index (χ1n) is 12.4. The van der Waals surface area contributed by atoms with Crippen molar-refractivity contribution in [2.45, 2.75) is 55.2 Å². The minimum absolute atomic E-state index is 0.0385. The summed E-state index contributed by atoms with van der Waals surface area (Å²) in [6, 6.07) is 12.1. The second-order valence-electron chi connectivity index (χ2n) is 10.1. The lowest BCUT2D eigenvalue weighted by Crippen LogP contribution is -2.61. The highest BCUT2D eigenvalue weighted by Crippen LogP contribution is 2.63. The zero-order valence-corrected chi connectivity index (χ0v) is 22.5. The van der Waals surface area contributed by atoms with Crippen LogP contribution in [0.4, 0.5) is 0 Å². The molecular formula is C29H31NO6S. The fraction of sp³-hybridized carbons (Fsp3) is 0.414.